The number of methoxy groups -OCH3 is 1. The average Bonchev–Trinajstić information content (AvgIpc) is 2.86. The fourth-order valence-electron chi connectivity index (χ4n) is 2.39. The van der Waals surface area contributed by atoms with E-state index in [9.17, 15) is 10.1 Å². The van der Waals surface area contributed by atoms with Crippen LogP contribution < -0.4 is 5.32 Å². The van der Waals surface area contributed by atoms with Crippen molar-refractivity contribution in [2.45, 2.75) is 31.4 Å². The van der Waals surface area contributed by atoms with Crippen LogP contribution in [0.25, 0.3) is 0 Å². The molecule has 0 spiro atoms. The highest BCUT2D eigenvalue weighted by Gasteiger charge is 2.24. The molecule has 1 saturated carbocycles. The lowest BCUT2D eigenvalue weighted by atomic mass is 10.1. The second kappa shape index (κ2) is 5.67. The first kappa shape index (κ1) is 13.3. The number of hydrogen-bond donors (Lipinski definition) is 1. The molecule has 0 bridgehead atoms. The van der Waals surface area contributed by atoms with Crippen LogP contribution in [-0.2, 0) is 4.74 Å². The van der Waals surface area contributed by atoms with Crippen molar-refractivity contribution in [2.24, 2.45) is 0 Å². The van der Waals surface area contributed by atoms with E-state index in [4.69, 9.17) is 10.00 Å². The molecule has 0 saturated heterocycles. The first-order chi connectivity index (χ1) is 9.13. The number of nitrogens with zero attached hydrogens (tertiary/aromatic N) is 2. The van der Waals surface area contributed by atoms with Crippen LogP contribution in [-0.4, -0.2) is 24.2 Å². The Morgan fingerprint density at radius 2 is 2.32 bits per heavy atom. The summed E-state index contributed by atoms with van der Waals surface area (Å²) in [4.78, 5) is 10.3. The smallest absolute Gasteiger partial charge is 0.289 e. The maximum Gasteiger partial charge on any atom is 0.289 e. The maximum absolute atomic E-state index is 10.9. The number of anilines is 1. The number of nitro benzene ring substituents is 1. The summed E-state index contributed by atoms with van der Waals surface area (Å²) in [5, 5.41) is 23.0. The summed E-state index contributed by atoms with van der Waals surface area (Å²) in [6.07, 6.45) is 3.12. The molecule has 1 N–H and O–H groups in total. The van der Waals surface area contributed by atoms with Crippen LogP contribution in [0.15, 0.2) is 18.2 Å². The minimum absolute atomic E-state index is 0.0803. The van der Waals surface area contributed by atoms with Gasteiger partial charge < -0.3 is 10.1 Å². The fraction of sp³-hybridized carbons (Fsp3) is 0.462. The monoisotopic (exact) mass is 261 g/mol. The Balaban J connectivity index is 2.12. The molecular weight excluding hydrogens is 246 g/mol. The van der Waals surface area contributed by atoms with Crippen LogP contribution in [0, 0.1) is 21.4 Å². The predicted octanol–water partition coefficient (Wildman–Crippen LogP) is 2.45. The largest absolute Gasteiger partial charge is 0.382 e. The zero-order valence-corrected chi connectivity index (χ0v) is 10.6. The standard InChI is InChI=1S/C13H15N3O3/c1-19-12-5-4-10(6-12)15-11-3-2-9(8-14)13(7-11)16(17)18/h2-3,7,10,12,15H,4-6H2,1H3. The number of ether oxygens (including phenoxy) is 1. The molecule has 1 aliphatic carbocycles. The van der Waals surface area contributed by atoms with Gasteiger partial charge in [0.2, 0.25) is 0 Å². The van der Waals surface area contributed by atoms with Crippen molar-refractivity contribution in [1.82, 2.24) is 0 Å². The number of hydrogen-bond acceptors (Lipinski definition) is 5. The van der Waals surface area contributed by atoms with E-state index in [0.717, 1.165) is 19.3 Å². The van der Waals surface area contributed by atoms with Gasteiger partial charge in [-0.15, -0.1) is 0 Å². The van der Waals surface area contributed by atoms with Crippen LogP contribution in [0.2, 0.25) is 0 Å². The van der Waals surface area contributed by atoms with E-state index in [2.05, 4.69) is 5.32 Å². The lowest BCUT2D eigenvalue weighted by Gasteiger charge is -2.14. The molecule has 1 aromatic carbocycles. The van der Waals surface area contributed by atoms with Crippen molar-refractivity contribution in [2.75, 3.05) is 12.4 Å². The van der Waals surface area contributed by atoms with Gasteiger partial charge in [-0.3, -0.25) is 10.1 Å². The number of nitriles is 1. The van der Waals surface area contributed by atoms with Crippen LogP contribution >= 0.6 is 0 Å². The highest BCUT2D eigenvalue weighted by Crippen LogP contribution is 2.27. The van der Waals surface area contributed by atoms with Gasteiger partial charge >= 0.3 is 0 Å². The van der Waals surface area contributed by atoms with E-state index in [1.54, 1.807) is 13.2 Å². The Hall–Kier alpha value is -2.13. The van der Waals surface area contributed by atoms with Crippen LogP contribution in [0.3, 0.4) is 0 Å². The Morgan fingerprint density at radius 3 is 2.89 bits per heavy atom. The number of rotatable bonds is 4. The normalized spacial score (nSPS) is 21.9. The molecule has 1 aromatic rings. The molecule has 100 valence electrons. The van der Waals surface area contributed by atoms with Crippen LogP contribution in [0.4, 0.5) is 11.4 Å². The summed E-state index contributed by atoms with van der Waals surface area (Å²) in [5.41, 5.74) is 0.595. The summed E-state index contributed by atoms with van der Waals surface area (Å²) in [6, 6.07) is 6.68. The molecule has 0 aliphatic heterocycles. The van der Waals surface area contributed by atoms with Crippen molar-refractivity contribution in [3.8, 4) is 6.07 Å². The summed E-state index contributed by atoms with van der Waals surface area (Å²) in [5.74, 6) is 0. The zero-order chi connectivity index (χ0) is 13.8. The van der Waals surface area contributed by atoms with Gasteiger partial charge in [-0.1, -0.05) is 0 Å². The van der Waals surface area contributed by atoms with Crippen molar-refractivity contribution in [1.29, 1.82) is 5.26 Å². The molecule has 2 rings (SSSR count). The molecule has 0 amide bonds. The fourth-order valence-corrected chi connectivity index (χ4v) is 2.39. The van der Waals surface area contributed by atoms with Crippen molar-refractivity contribution >= 4 is 11.4 Å². The quantitative estimate of drug-likeness (QED) is 0.664. The Morgan fingerprint density at radius 1 is 1.53 bits per heavy atom. The summed E-state index contributed by atoms with van der Waals surface area (Å²) in [6.45, 7) is 0. The van der Waals surface area contributed by atoms with Gasteiger partial charge in [0.05, 0.1) is 11.0 Å². The van der Waals surface area contributed by atoms with E-state index in [-0.39, 0.29) is 23.4 Å². The highest BCUT2D eigenvalue weighted by molar-refractivity contribution is 5.59. The third-order valence-electron chi connectivity index (χ3n) is 3.40. The first-order valence-corrected chi connectivity index (χ1v) is 6.12. The molecule has 2 atom stereocenters. The molecule has 6 nitrogen and oxygen atoms in total. The molecule has 1 fully saturated rings. The second-order valence-electron chi connectivity index (χ2n) is 4.61. The Bertz CT molecular complexity index is 524. The molecule has 1 aliphatic rings. The van der Waals surface area contributed by atoms with E-state index < -0.39 is 4.92 Å². The van der Waals surface area contributed by atoms with Gasteiger partial charge in [0, 0.05) is 24.9 Å². The van der Waals surface area contributed by atoms with Crippen LogP contribution in [0.1, 0.15) is 24.8 Å². The molecule has 0 radical (unpaired) electrons. The predicted molar refractivity (Wildman–Crippen MR) is 69.9 cm³/mol. The minimum Gasteiger partial charge on any atom is -0.382 e. The van der Waals surface area contributed by atoms with Gasteiger partial charge in [0.25, 0.3) is 5.69 Å². The molecule has 2 unspecified atom stereocenters. The molecule has 0 aromatic heterocycles. The maximum atomic E-state index is 10.9. The Kier molecular flexibility index (Phi) is 3.97. The van der Waals surface area contributed by atoms with Gasteiger partial charge in [0.15, 0.2) is 0 Å². The van der Waals surface area contributed by atoms with Gasteiger partial charge in [0.1, 0.15) is 11.6 Å². The van der Waals surface area contributed by atoms with Crippen molar-refractivity contribution < 1.29 is 9.66 Å². The summed E-state index contributed by atoms with van der Waals surface area (Å²) in [7, 11) is 1.69. The Labute approximate surface area is 111 Å². The lowest BCUT2D eigenvalue weighted by Crippen LogP contribution is -2.17. The second-order valence-corrected chi connectivity index (χ2v) is 4.61. The highest BCUT2D eigenvalue weighted by atomic mass is 16.6. The molecule has 19 heavy (non-hydrogen) atoms. The zero-order valence-electron chi connectivity index (χ0n) is 10.6. The van der Waals surface area contributed by atoms with E-state index in [1.165, 1.54) is 12.1 Å². The first-order valence-electron chi connectivity index (χ1n) is 6.12. The molecule has 0 heterocycles. The summed E-state index contributed by atoms with van der Waals surface area (Å²) >= 11 is 0. The van der Waals surface area contributed by atoms with Crippen molar-refractivity contribution in [3.05, 3.63) is 33.9 Å². The minimum atomic E-state index is -0.531. The average molecular weight is 261 g/mol. The molecule has 6 heteroatoms. The number of benzene rings is 1. The van der Waals surface area contributed by atoms with Crippen molar-refractivity contribution in [3.63, 3.8) is 0 Å². The third kappa shape index (κ3) is 3.01. The molecular formula is C13H15N3O3. The van der Waals surface area contributed by atoms with Crippen LogP contribution in [0.5, 0.6) is 0 Å². The topological polar surface area (TPSA) is 88.2 Å². The van der Waals surface area contributed by atoms with E-state index in [0.29, 0.717) is 5.69 Å². The van der Waals surface area contributed by atoms with Gasteiger partial charge in [-0.25, -0.2) is 0 Å². The SMILES string of the molecule is COC1CCC(Nc2ccc(C#N)c([N+](=O)[O-])c2)C1. The van der Waals surface area contributed by atoms with Gasteiger partial charge in [-0.2, -0.15) is 5.26 Å². The van der Waals surface area contributed by atoms with E-state index in [1.807, 2.05) is 6.07 Å². The summed E-state index contributed by atoms with van der Waals surface area (Å²) < 4.78 is 5.29. The third-order valence-corrected chi connectivity index (χ3v) is 3.40. The lowest BCUT2D eigenvalue weighted by molar-refractivity contribution is -0.385. The van der Waals surface area contributed by atoms with E-state index >= 15 is 0 Å². The number of nitrogens with one attached hydrogen (secondary N) is 1. The van der Waals surface area contributed by atoms with Gasteiger partial charge in [-0.05, 0) is 31.4 Å². The number of nitro groups is 1.